The fourth-order valence-corrected chi connectivity index (χ4v) is 18.0. The number of hydrogen-bond acceptors (Lipinski definition) is 11. The Morgan fingerprint density at radius 1 is 0.431 bits per heavy atom. The molecule has 17 heteroatoms. The predicted octanol–water partition coefficient (Wildman–Crippen LogP) is 13.5. The molecule has 3 aliphatic heterocycles. The zero-order valence-electron chi connectivity index (χ0n) is 69.6. The lowest BCUT2D eigenvalue weighted by Gasteiger charge is -2.31. The SMILES string of the molecule is C(/C=C/Nc1ccccc1)=Nc1ccccc1.CC(=O)OC(C)=O.CC1(Cc2ccccc2)C(/C=C/C=C/C=C2/N(CCC(=O)O)c3c(c4ccccc4c4ccccc34)C2(C)Cc2ccccc2)=[N+](CCOC=O)c2c1c1ccccc1c1ccccc21.CC1=[N+](CCOC=O)c2c(c3ccccc3c3ccccc23)C1(C)Cc1ccccc1.[I-].[I-].[I-]. The molecule has 0 saturated heterocycles. The van der Waals surface area contributed by atoms with Crippen LogP contribution >= 0.6 is 0 Å². The minimum atomic E-state index is -0.831. The Morgan fingerprint density at radius 3 is 1.26 bits per heavy atom. The summed E-state index contributed by atoms with van der Waals surface area (Å²) in [5, 5.41) is 27.8. The zero-order valence-corrected chi connectivity index (χ0v) is 76.0. The van der Waals surface area contributed by atoms with Gasteiger partial charge in [0.15, 0.2) is 24.5 Å². The van der Waals surface area contributed by atoms with Crippen molar-refractivity contribution in [2.24, 2.45) is 4.99 Å². The number of hydrogen-bond donors (Lipinski definition) is 2. The molecule has 0 bridgehead atoms. The molecular weight excluding hydrogens is 1870 g/mol. The minimum absolute atomic E-state index is 0. The molecule has 0 saturated carbocycles. The van der Waals surface area contributed by atoms with Gasteiger partial charge in [-0.1, -0.05) is 279 Å². The van der Waals surface area contributed by atoms with Crippen LogP contribution in [0.3, 0.4) is 0 Å². The van der Waals surface area contributed by atoms with Gasteiger partial charge < -0.3 is 101 Å². The molecule has 14 nitrogen and oxygen atoms in total. The van der Waals surface area contributed by atoms with Crippen molar-refractivity contribution < 1.29 is 124 Å². The number of esters is 2. The zero-order chi connectivity index (χ0) is 83.6. The number of nitrogens with one attached hydrogen (secondary N) is 1. The summed E-state index contributed by atoms with van der Waals surface area (Å²) in [6.07, 6.45) is 18.7. The van der Waals surface area contributed by atoms with Crippen molar-refractivity contribution >= 4 is 142 Å². The number of carboxylic acids is 1. The van der Waals surface area contributed by atoms with Crippen LogP contribution in [0, 0.1) is 0 Å². The monoisotopic (exact) mass is 1960 g/mol. The normalized spacial score (nSPS) is 16.4. The average Bonchev–Trinajstić information content (AvgIpc) is 1.56. The molecule has 3 unspecified atom stereocenters. The van der Waals surface area contributed by atoms with E-state index in [9.17, 15) is 29.1 Å². The topological polar surface area (TPSA) is 167 Å². The lowest BCUT2D eigenvalue weighted by Crippen LogP contribution is -3.00. The molecule has 622 valence electrons. The van der Waals surface area contributed by atoms with Crippen molar-refractivity contribution in [1.82, 2.24) is 0 Å². The molecule has 2 N–H and O–H groups in total. The Bertz CT molecular complexity index is 6370. The summed E-state index contributed by atoms with van der Waals surface area (Å²) in [7, 11) is 0. The second-order valence-electron chi connectivity index (χ2n) is 30.8. The van der Waals surface area contributed by atoms with Gasteiger partial charge in [-0.3, -0.25) is 29.0 Å². The Balaban J connectivity index is 0.000000208. The number of benzene rings is 14. The van der Waals surface area contributed by atoms with E-state index in [2.05, 4.69) is 324 Å². The number of carbonyl (C=O) groups is 5. The van der Waals surface area contributed by atoms with Crippen LogP contribution in [0.2, 0.25) is 0 Å². The summed E-state index contributed by atoms with van der Waals surface area (Å²) >= 11 is 0. The standard InChI is InChI=1S/C59H50N2O4.C28H26NO2.C15H14N2.C4H6O3.3HI/c1-58(38-41-20-6-3-7-21-41)51(60(35-34-53(63)64)56-49-30-18-14-26-45(49)43-24-12-16-28-47(43)54(56)58)32-10-5-11-33-52-59(2,39-42-22-8-4-9-23-42)55-48-29-17-13-25-44(48)46-27-15-19-31-50(46)57(55)61(52)36-37-65-40-62;1-20-28(2,18-21-10-4-3-5-11-21)26-24-14-8-6-12-22(24)23-13-7-9-15-25(23)27(26)29(20)16-17-31-19-30;1-3-8-14(9-4-1)16-12-7-13-17-15-10-5-2-6-11-15;1-3(5)7-4(2)6;;;/h3-33,40H,34-39H2,1-2H3;3-15,19H,16-18H2,1-2H3;1-13,16H;1-2H3;3*1H/q;+1;;;;;/p-2/b;;12-7+,17-13?;;;;. The van der Waals surface area contributed by atoms with Crippen LogP contribution < -0.4 is 82.1 Å². The van der Waals surface area contributed by atoms with E-state index < -0.39 is 28.7 Å². The van der Waals surface area contributed by atoms with Crippen LogP contribution in [0.15, 0.2) is 351 Å². The molecule has 14 aromatic carbocycles. The Labute approximate surface area is 769 Å². The molecule has 0 fully saturated rings. The minimum Gasteiger partial charge on any atom is -1.00 e. The van der Waals surface area contributed by atoms with Gasteiger partial charge in [-0.05, 0) is 159 Å². The molecule has 3 atom stereocenters. The van der Waals surface area contributed by atoms with E-state index in [-0.39, 0.29) is 90.4 Å². The number of rotatable bonds is 24. The van der Waals surface area contributed by atoms with E-state index >= 15 is 0 Å². The van der Waals surface area contributed by atoms with E-state index in [1.54, 1.807) is 6.21 Å². The third-order valence-corrected chi connectivity index (χ3v) is 23.1. The van der Waals surface area contributed by atoms with Crippen LogP contribution in [0.4, 0.5) is 28.4 Å². The molecule has 0 aliphatic carbocycles. The number of aliphatic carboxylic acids is 1. The molecule has 0 spiro atoms. The van der Waals surface area contributed by atoms with Crippen LogP contribution in [-0.2, 0) is 73.7 Å². The van der Waals surface area contributed by atoms with Gasteiger partial charge in [0.1, 0.15) is 13.2 Å². The molecule has 0 radical (unpaired) electrons. The third kappa shape index (κ3) is 20.2. The Hall–Kier alpha value is -12.1. The number of para-hydroxylation sites is 2. The number of carbonyl (C=O) groups excluding carboxylic acids is 4. The van der Waals surface area contributed by atoms with Crippen LogP contribution in [0.25, 0.3) is 64.6 Å². The van der Waals surface area contributed by atoms with Gasteiger partial charge in [0, 0.05) is 79.1 Å². The van der Waals surface area contributed by atoms with Gasteiger partial charge in [0.2, 0.25) is 11.4 Å². The van der Waals surface area contributed by atoms with Crippen molar-refractivity contribution in [2.75, 3.05) is 43.1 Å². The highest BCUT2D eigenvalue weighted by atomic mass is 127. The van der Waals surface area contributed by atoms with Gasteiger partial charge in [-0.2, -0.15) is 9.15 Å². The van der Waals surface area contributed by atoms with Gasteiger partial charge in [0.05, 0.1) is 39.4 Å². The van der Waals surface area contributed by atoms with Gasteiger partial charge in [-0.25, -0.2) is 0 Å². The average molecular weight is 1970 g/mol. The lowest BCUT2D eigenvalue weighted by atomic mass is 9.72. The van der Waals surface area contributed by atoms with Crippen molar-refractivity contribution in [2.45, 2.75) is 83.5 Å². The molecule has 0 aromatic heterocycles. The first kappa shape index (κ1) is 91.7. The Morgan fingerprint density at radius 2 is 0.805 bits per heavy atom. The summed E-state index contributed by atoms with van der Waals surface area (Å²) in [5.41, 5.74) is 15.5. The van der Waals surface area contributed by atoms with E-state index in [1.807, 2.05) is 72.9 Å². The van der Waals surface area contributed by atoms with Crippen molar-refractivity contribution in [3.8, 4) is 0 Å². The number of ether oxygens (including phenoxy) is 3. The number of anilines is 2. The number of nitrogens with zero attached hydrogens (tertiary/aromatic N) is 4. The number of aliphatic imine (C=N–C) groups is 1. The van der Waals surface area contributed by atoms with Crippen molar-refractivity contribution in [1.29, 1.82) is 0 Å². The highest BCUT2D eigenvalue weighted by Crippen LogP contribution is 2.57. The number of allylic oxidation sites excluding steroid dienone is 7. The van der Waals surface area contributed by atoms with Gasteiger partial charge in [-0.15, -0.1) is 0 Å². The van der Waals surface area contributed by atoms with Crippen molar-refractivity contribution in [3.63, 3.8) is 0 Å². The molecular formula is C106H97I3N5O9-. The number of halogens is 3. The maximum absolute atomic E-state index is 12.3. The maximum Gasteiger partial charge on any atom is 0.310 e. The molecule has 0 amide bonds. The van der Waals surface area contributed by atoms with E-state index in [1.165, 1.54) is 107 Å². The first-order valence-corrected chi connectivity index (χ1v) is 40.6. The van der Waals surface area contributed by atoms with Crippen LogP contribution in [0.5, 0.6) is 0 Å². The van der Waals surface area contributed by atoms with Crippen molar-refractivity contribution in [3.05, 3.63) is 379 Å². The van der Waals surface area contributed by atoms with Crippen LogP contribution in [-0.4, -0.2) is 95.6 Å². The Kier molecular flexibility index (Phi) is 31.8. The van der Waals surface area contributed by atoms with Gasteiger partial charge >= 0.3 is 17.9 Å². The number of carboxylic acid groups (broad SMARTS) is 1. The third-order valence-electron chi connectivity index (χ3n) is 23.1. The summed E-state index contributed by atoms with van der Waals surface area (Å²) in [4.78, 5) is 60.9. The summed E-state index contributed by atoms with van der Waals surface area (Å²) in [6, 6.07) is 104. The number of fused-ring (bicyclic) bond motifs is 18. The first-order chi connectivity index (χ1) is 58.5. The fraction of sp³-hybridized carbons (Fsp3) is 0.170. The van der Waals surface area contributed by atoms with Crippen LogP contribution in [0.1, 0.15) is 81.3 Å². The van der Waals surface area contributed by atoms with Gasteiger partial charge in [0.25, 0.3) is 12.9 Å². The molecule has 123 heavy (non-hydrogen) atoms. The lowest BCUT2D eigenvalue weighted by molar-refractivity contribution is -0.440. The molecule has 3 heterocycles. The summed E-state index contributed by atoms with van der Waals surface area (Å²) in [6.45, 7) is 14.8. The van der Waals surface area contributed by atoms with E-state index in [0.717, 1.165) is 69.6 Å². The van der Waals surface area contributed by atoms with E-state index in [0.29, 0.717) is 39.2 Å². The second-order valence-corrected chi connectivity index (χ2v) is 30.8. The second kappa shape index (κ2) is 42.6. The highest BCUT2D eigenvalue weighted by molar-refractivity contribution is 6.21. The molecule has 3 aliphatic rings. The quantitative estimate of drug-likeness (QED) is 0.00565. The predicted molar refractivity (Wildman–Crippen MR) is 488 cm³/mol. The highest BCUT2D eigenvalue weighted by Gasteiger charge is 2.52. The summed E-state index contributed by atoms with van der Waals surface area (Å²) in [5.74, 6) is -1.96. The molecule has 17 rings (SSSR count). The smallest absolute Gasteiger partial charge is 0.310 e. The molecule has 14 aromatic rings. The largest absolute Gasteiger partial charge is 1.00 e. The van der Waals surface area contributed by atoms with E-state index in [4.69, 9.17) is 9.47 Å². The maximum atomic E-state index is 12.3. The fourth-order valence-electron chi connectivity index (χ4n) is 18.0. The summed E-state index contributed by atoms with van der Waals surface area (Å²) < 4.78 is 19.2. The first-order valence-electron chi connectivity index (χ1n) is 40.6.